The summed E-state index contributed by atoms with van der Waals surface area (Å²) in [7, 11) is 0. The zero-order valence-corrected chi connectivity index (χ0v) is 9.28. The second-order valence-corrected chi connectivity index (χ2v) is 4.35. The Morgan fingerprint density at radius 1 is 1.35 bits per heavy atom. The molecule has 0 aliphatic carbocycles. The third-order valence-corrected chi connectivity index (χ3v) is 2.93. The van der Waals surface area contributed by atoms with Gasteiger partial charge in [0.05, 0.1) is 6.07 Å². The monoisotopic (exact) mass is 264 g/mol. The molecule has 92 valence electrons. The maximum absolute atomic E-state index is 12.9. The molecular weight excluding hydrogens is 256 g/mol. The molecule has 0 amide bonds. The van der Waals surface area contributed by atoms with Crippen molar-refractivity contribution in [2.75, 3.05) is 11.5 Å². The van der Waals surface area contributed by atoms with Crippen LogP contribution in [0.25, 0.3) is 0 Å². The lowest BCUT2D eigenvalue weighted by atomic mass is 10.2. The highest BCUT2D eigenvalue weighted by molar-refractivity contribution is 7.99. The fourth-order valence-electron chi connectivity index (χ4n) is 1.05. The van der Waals surface area contributed by atoms with Gasteiger partial charge < -0.3 is 5.73 Å². The average Bonchev–Trinajstić information content (AvgIpc) is 2.14. The number of benzene rings is 1. The molecule has 1 aromatic rings. The van der Waals surface area contributed by atoms with E-state index in [4.69, 9.17) is 11.0 Å². The van der Waals surface area contributed by atoms with Crippen LogP contribution in [0.1, 0.15) is 0 Å². The number of alkyl halides is 3. The number of nitrogens with two attached hydrogens (primary N) is 1. The van der Waals surface area contributed by atoms with E-state index in [-0.39, 0.29) is 10.6 Å². The predicted octanol–water partition coefficient (Wildman–Crippen LogP) is 3.20. The van der Waals surface area contributed by atoms with Crippen LogP contribution in [0.15, 0.2) is 23.1 Å². The third-order valence-electron chi connectivity index (χ3n) is 1.86. The van der Waals surface area contributed by atoms with Crippen molar-refractivity contribution in [1.29, 1.82) is 5.26 Å². The number of nitrogen functional groups attached to an aromatic ring is 1. The molecule has 7 heteroatoms. The van der Waals surface area contributed by atoms with Crippen LogP contribution in [-0.2, 0) is 0 Å². The van der Waals surface area contributed by atoms with E-state index in [1.807, 2.05) is 0 Å². The summed E-state index contributed by atoms with van der Waals surface area (Å²) in [5, 5.41) is 8.37. The molecule has 0 spiro atoms. The van der Waals surface area contributed by atoms with Crippen molar-refractivity contribution in [2.45, 2.75) is 11.1 Å². The van der Waals surface area contributed by atoms with Gasteiger partial charge in [0.25, 0.3) is 0 Å². The highest BCUT2D eigenvalue weighted by Crippen LogP contribution is 2.32. The number of thioether (sulfide) groups is 1. The summed E-state index contributed by atoms with van der Waals surface area (Å²) in [5.74, 6) is -3.17. The van der Waals surface area contributed by atoms with Crippen LogP contribution in [-0.4, -0.2) is 11.9 Å². The SMILES string of the molecule is N#CC(CSc1cc(N)cc(F)c1)C(F)(F)F. The molecule has 0 bridgehead atoms. The topological polar surface area (TPSA) is 49.8 Å². The molecule has 0 aliphatic rings. The van der Waals surface area contributed by atoms with Gasteiger partial charge in [-0.25, -0.2) is 4.39 Å². The van der Waals surface area contributed by atoms with E-state index >= 15 is 0 Å². The van der Waals surface area contributed by atoms with E-state index in [2.05, 4.69) is 0 Å². The lowest BCUT2D eigenvalue weighted by Gasteiger charge is -2.12. The van der Waals surface area contributed by atoms with Crippen LogP contribution in [0.4, 0.5) is 23.2 Å². The minimum Gasteiger partial charge on any atom is -0.399 e. The zero-order chi connectivity index (χ0) is 13.1. The molecule has 0 heterocycles. The lowest BCUT2D eigenvalue weighted by molar-refractivity contribution is -0.152. The van der Waals surface area contributed by atoms with Gasteiger partial charge in [0.2, 0.25) is 0 Å². The van der Waals surface area contributed by atoms with Crippen LogP contribution in [0.5, 0.6) is 0 Å². The Kier molecular flexibility index (Phi) is 4.23. The zero-order valence-electron chi connectivity index (χ0n) is 8.46. The van der Waals surface area contributed by atoms with Gasteiger partial charge in [-0.05, 0) is 18.2 Å². The van der Waals surface area contributed by atoms with Gasteiger partial charge in [-0.1, -0.05) is 0 Å². The summed E-state index contributed by atoms with van der Waals surface area (Å²) in [6.45, 7) is 0. The van der Waals surface area contributed by atoms with Crippen LogP contribution in [0, 0.1) is 23.1 Å². The highest BCUT2D eigenvalue weighted by atomic mass is 32.2. The Hall–Kier alpha value is -1.42. The fourth-order valence-corrected chi connectivity index (χ4v) is 2.09. The molecule has 0 fully saturated rings. The molecule has 1 atom stereocenters. The van der Waals surface area contributed by atoms with Crippen molar-refractivity contribution in [2.24, 2.45) is 5.92 Å². The maximum Gasteiger partial charge on any atom is 0.405 e. The minimum atomic E-state index is -4.57. The van der Waals surface area contributed by atoms with Crippen LogP contribution >= 0.6 is 11.8 Å². The Morgan fingerprint density at radius 3 is 2.47 bits per heavy atom. The van der Waals surface area contributed by atoms with Crippen molar-refractivity contribution in [3.63, 3.8) is 0 Å². The first kappa shape index (κ1) is 13.6. The molecule has 0 saturated carbocycles. The van der Waals surface area contributed by atoms with Gasteiger partial charge in [-0.2, -0.15) is 18.4 Å². The Morgan fingerprint density at radius 2 is 2.00 bits per heavy atom. The van der Waals surface area contributed by atoms with Gasteiger partial charge in [-0.15, -0.1) is 11.8 Å². The summed E-state index contributed by atoms with van der Waals surface area (Å²) in [6.07, 6.45) is -4.57. The lowest BCUT2D eigenvalue weighted by Crippen LogP contribution is -2.23. The number of anilines is 1. The Bertz CT molecular complexity index is 419. The van der Waals surface area contributed by atoms with Crippen molar-refractivity contribution < 1.29 is 17.6 Å². The summed E-state index contributed by atoms with van der Waals surface area (Å²) < 4.78 is 49.6. The van der Waals surface area contributed by atoms with Crippen LogP contribution in [0.3, 0.4) is 0 Å². The molecule has 1 aromatic carbocycles. The van der Waals surface area contributed by atoms with Crippen molar-refractivity contribution >= 4 is 17.4 Å². The Labute approximate surface area is 99.4 Å². The number of nitriles is 1. The quantitative estimate of drug-likeness (QED) is 0.518. The van der Waals surface area contributed by atoms with E-state index in [9.17, 15) is 17.6 Å². The summed E-state index contributed by atoms with van der Waals surface area (Å²) in [6, 6.07) is 4.67. The first-order valence-electron chi connectivity index (χ1n) is 4.48. The molecule has 0 aromatic heterocycles. The summed E-state index contributed by atoms with van der Waals surface area (Å²) >= 11 is 0.746. The Balaban J connectivity index is 2.70. The highest BCUT2D eigenvalue weighted by Gasteiger charge is 2.39. The van der Waals surface area contributed by atoms with Crippen molar-refractivity contribution in [1.82, 2.24) is 0 Å². The standard InChI is InChI=1S/C10H8F4N2S/c11-7-1-8(16)3-9(2-7)17-5-6(4-15)10(12,13)14/h1-3,6H,5,16H2. The van der Waals surface area contributed by atoms with Crippen molar-refractivity contribution in [3.05, 3.63) is 24.0 Å². The maximum atomic E-state index is 12.9. The second-order valence-electron chi connectivity index (χ2n) is 3.25. The van der Waals surface area contributed by atoms with Crippen molar-refractivity contribution in [3.8, 4) is 6.07 Å². The van der Waals surface area contributed by atoms with Gasteiger partial charge >= 0.3 is 6.18 Å². The second kappa shape index (κ2) is 5.27. The molecule has 0 saturated heterocycles. The fraction of sp³-hybridized carbons (Fsp3) is 0.300. The minimum absolute atomic E-state index is 0.132. The molecular formula is C10H8F4N2S. The van der Waals surface area contributed by atoms with E-state index in [1.54, 1.807) is 0 Å². The normalized spacial score (nSPS) is 13.1. The summed E-state index contributed by atoms with van der Waals surface area (Å²) in [5.41, 5.74) is 5.48. The number of rotatable bonds is 3. The first-order valence-corrected chi connectivity index (χ1v) is 5.46. The third kappa shape index (κ3) is 4.15. The van der Waals surface area contributed by atoms with E-state index < -0.39 is 23.7 Å². The number of nitrogens with zero attached hydrogens (tertiary/aromatic N) is 1. The summed E-state index contributed by atoms with van der Waals surface area (Å²) in [4.78, 5) is 0.270. The largest absolute Gasteiger partial charge is 0.405 e. The van der Waals surface area contributed by atoms with Gasteiger partial charge in [0, 0.05) is 16.3 Å². The van der Waals surface area contributed by atoms with Gasteiger partial charge in [0.1, 0.15) is 5.82 Å². The average molecular weight is 264 g/mol. The molecule has 0 radical (unpaired) electrons. The molecule has 2 nitrogen and oxygen atoms in total. The predicted molar refractivity (Wildman–Crippen MR) is 56.7 cm³/mol. The van der Waals surface area contributed by atoms with Gasteiger partial charge in [-0.3, -0.25) is 0 Å². The van der Waals surface area contributed by atoms with E-state index in [1.165, 1.54) is 12.1 Å². The molecule has 2 N–H and O–H groups in total. The van der Waals surface area contributed by atoms with E-state index in [0.717, 1.165) is 23.9 Å². The first-order chi connectivity index (χ1) is 7.82. The number of hydrogen-bond acceptors (Lipinski definition) is 3. The number of halogens is 4. The van der Waals surface area contributed by atoms with Crippen LogP contribution in [0.2, 0.25) is 0 Å². The number of hydrogen-bond donors (Lipinski definition) is 1. The molecule has 17 heavy (non-hydrogen) atoms. The van der Waals surface area contributed by atoms with E-state index in [0.29, 0.717) is 0 Å². The van der Waals surface area contributed by atoms with Crippen LogP contribution < -0.4 is 5.73 Å². The smallest absolute Gasteiger partial charge is 0.399 e. The molecule has 1 rings (SSSR count). The molecule has 0 aliphatic heterocycles. The van der Waals surface area contributed by atoms with Gasteiger partial charge in [0.15, 0.2) is 5.92 Å². The molecule has 1 unspecified atom stereocenters.